The van der Waals surface area contributed by atoms with Gasteiger partial charge in [0.05, 0.1) is 13.2 Å². The summed E-state index contributed by atoms with van der Waals surface area (Å²) in [6, 6.07) is 7.76. The molecule has 0 N–H and O–H groups in total. The van der Waals surface area contributed by atoms with Crippen LogP contribution in [-0.4, -0.2) is 7.11 Å². The maximum atomic E-state index is 12.4. The topological polar surface area (TPSA) is 60.0 Å². The lowest BCUT2D eigenvalue weighted by Gasteiger charge is -2.26. The second kappa shape index (κ2) is 5.34. The van der Waals surface area contributed by atoms with Gasteiger partial charge < -0.3 is 9.84 Å². The molecule has 1 atom stereocenters. The highest BCUT2D eigenvalue weighted by atomic mass is 16.5. The van der Waals surface area contributed by atoms with Crippen molar-refractivity contribution in [3.63, 3.8) is 0 Å². The van der Waals surface area contributed by atoms with Crippen molar-refractivity contribution in [1.29, 1.82) is 5.26 Å². The predicted octanol–water partition coefficient (Wildman–Crippen LogP) is 2.56. The van der Waals surface area contributed by atoms with Crippen molar-refractivity contribution in [2.24, 2.45) is 0 Å². The molecule has 4 heteroatoms. The Morgan fingerprint density at radius 3 is 2.91 bits per heavy atom. The Bertz CT molecular complexity index is 805. The SMILES string of the molecule is COc1ccc2c[n+]([C@@]3(C)C=C(C#N)CCC3)cc([O-])c2c1. The molecule has 0 amide bonds. The highest BCUT2D eigenvalue weighted by molar-refractivity contribution is 5.87. The van der Waals surface area contributed by atoms with Crippen molar-refractivity contribution in [2.75, 3.05) is 7.11 Å². The molecule has 1 aromatic carbocycles. The van der Waals surface area contributed by atoms with Gasteiger partial charge in [-0.3, -0.25) is 0 Å². The summed E-state index contributed by atoms with van der Waals surface area (Å²) in [5.41, 5.74) is 0.472. The number of aromatic nitrogens is 1. The number of nitrogens with zero attached hydrogens (tertiary/aromatic N) is 2. The Kier molecular flexibility index (Phi) is 3.50. The smallest absolute Gasteiger partial charge is 0.184 e. The third kappa shape index (κ3) is 2.39. The molecule has 1 aromatic heterocycles. The zero-order chi connectivity index (χ0) is 15.7. The Labute approximate surface area is 129 Å². The van der Waals surface area contributed by atoms with Gasteiger partial charge in [-0.15, -0.1) is 0 Å². The van der Waals surface area contributed by atoms with Crippen LogP contribution in [0.3, 0.4) is 0 Å². The van der Waals surface area contributed by atoms with Crippen LogP contribution in [0.25, 0.3) is 10.8 Å². The highest BCUT2D eigenvalue weighted by Gasteiger charge is 2.35. The second-order valence-corrected chi connectivity index (χ2v) is 5.98. The molecule has 112 valence electrons. The summed E-state index contributed by atoms with van der Waals surface area (Å²) in [6.45, 7) is 2.07. The molecule has 3 rings (SSSR count). The van der Waals surface area contributed by atoms with Gasteiger partial charge in [0, 0.05) is 24.3 Å². The summed E-state index contributed by atoms with van der Waals surface area (Å²) < 4.78 is 7.13. The van der Waals surface area contributed by atoms with E-state index in [9.17, 15) is 5.11 Å². The average Bonchev–Trinajstić information content (AvgIpc) is 2.54. The number of fused-ring (bicyclic) bond motifs is 1. The van der Waals surface area contributed by atoms with Crippen LogP contribution < -0.4 is 14.4 Å². The minimum Gasteiger partial charge on any atom is -0.868 e. The molecule has 0 fully saturated rings. The van der Waals surface area contributed by atoms with Crippen LogP contribution in [0.1, 0.15) is 26.2 Å². The van der Waals surface area contributed by atoms with E-state index in [0.717, 1.165) is 30.2 Å². The van der Waals surface area contributed by atoms with Gasteiger partial charge in [0.2, 0.25) is 0 Å². The van der Waals surface area contributed by atoms with Crippen LogP contribution in [0, 0.1) is 11.3 Å². The fourth-order valence-electron chi connectivity index (χ4n) is 3.11. The molecule has 0 aliphatic heterocycles. The van der Waals surface area contributed by atoms with E-state index in [-0.39, 0.29) is 11.3 Å². The maximum absolute atomic E-state index is 12.4. The summed E-state index contributed by atoms with van der Waals surface area (Å²) in [5, 5.41) is 23.1. The van der Waals surface area contributed by atoms with E-state index in [1.165, 1.54) is 0 Å². The van der Waals surface area contributed by atoms with E-state index >= 15 is 0 Å². The lowest BCUT2D eigenvalue weighted by Crippen LogP contribution is -2.53. The van der Waals surface area contributed by atoms with Crippen molar-refractivity contribution in [1.82, 2.24) is 0 Å². The molecule has 0 saturated carbocycles. The number of allylic oxidation sites excluding steroid dienone is 2. The summed E-state index contributed by atoms with van der Waals surface area (Å²) >= 11 is 0. The molecule has 1 aliphatic carbocycles. The number of benzene rings is 1. The normalized spacial score (nSPS) is 21.2. The van der Waals surface area contributed by atoms with Gasteiger partial charge in [-0.25, -0.2) is 0 Å². The third-order valence-electron chi connectivity index (χ3n) is 4.41. The molecule has 1 heterocycles. The highest BCUT2D eigenvalue weighted by Crippen LogP contribution is 2.31. The van der Waals surface area contributed by atoms with Crippen LogP contribution in [0.5, 0.6) is 11.5 Å². The van der Waals surface area contributed by atoms with Crippen LogP contribution in [0.4, 0.5) is 0 Å². The molecule has 22 heavy (non-hydrogen) atoms. The van der Waals surface area contributed by atoms with E-state index < -0.39 is 0 Å². The summed E-state index contributed by atoms with van der Waals surface area (Å²) in [5.74, 6) is 0.646. The number of hydrogen-bond donors (Lipinski definition) is 0. The summed E-state index contributed by atoms with van der Waals surface area (Å²) in [4.78, 5) is 0. The van der Waals surface area contributed by atoms with E-state index in [2.05, 4.69) is 13.0 Å². The predicted molar refractivity (Wildman–Crippen MR) is 81.3 cm³/mol. The van der Waals surface area contributed by atoms with Crippen molar-refractivity contribution in [3.8, 4) is 17.6 Å². The van der Waals surface area contributed by atoms with Gasteiger partial charge in [-0.2, -0.15) is 9.83 Å². The lowest BCUT2D eigenvalue weighted by atomic mass is 9.85. The van der Waals surface area contributed by atoms with Crippen molar-refractivity contribution < 1.29 is 14.4 Å². The van der Waals surface area contributed by atoms with Gasteiger partial charge in [-0.1, -0.05) is 0 Å². The average molecular weight is 294 g/mol. The molecule has 0 unspecified atom stereocenters. The number of pyridine rings is 1. The first-order chi connectivity index (χ1) is 10.6. The molecular weight excluding hydrogens is 276 g/mol. The second-order valence-electron chi connectivity index (χ2n) is 5.98. The quantitative estimate of drug-likeness (QED) is 0.800. The summed E-state index contributed by atoms with van der Waals surface area (Å²) in [6.07, 6.45) is 8.29. The van der Waals surface area contributed by atoms with Gasteiger partial charge in [0.15, 0.2) is 17.9 Å². The molecule has 0 spiro atoms. The van der Waals surface area contributed by atoms with Crippen LogP contribution in [0.2, 0.25) is 0 Å². The molecule has 4 nitrogen and oxygen atoms in total. The van der Waals surface area contributed by atoms with Gasteiger partial charge in [-0.05, 0) is 48.3 Å². The Hall–Kier alpha value is -2.54. The monoisotopic (exact) mass is 294 g/mol. The van der Waals surface area contributed by atoms with E-state index in [0.29, 0.717) is 11.1 Å². The molecule has 2 aromatic rings. The first kappa shape index (κ1) is 14.4. The zero-order valence-corrected chi connectivity index (χ0v) is 12.8. The van der Waals surface area contributed by atoms with Crippen LogP contribution in [0.15, 0.2) is 42.2 Å². The van der Waals surface area contributed by atoms with Gasteiger partial charge in [0.25, 0.3) is 0 Å². The standard InChI is InChI=1S/C18H18N2O2/c1-18(7-3-4-13(9-18)10-19)20-11-14-5-6-15(22-2)8-16(14)17(21)12-20/h5-6,8-9,11-12H,3-4,7H2,1-2H3/t18-/m1/s1. The molecule has 0 saturated heterocycles. The number of hydrogen-bond acceptors (Lipinski definition) is 3. The first-order valence-corrected chi connectivity index (χ1v) is 7.38. The van der Waals surface area contributed by atoms with Crippen molar-refractivity contribution in [2.45, 2.75) is 31.7 Å². The largest absolute Gasteiger partial charge is 0.868 e. The minimum atomic E-state index is -0.323. The molecule has 0 radical (unpaired) electrons. The van der Waals surface area contributed by atoms with E-state index in [4.69, 9.17) is 10.00 Å². The number of rotatable bonds is 2. The Morgan fingerprint density at radius 1 is 1.36 bits per heavy atom. The lowest BCUT2D eigenvalue weighted by molar-refractivity contribution is -0.751. The first-order valence-electron chi connectivity index (χ1n) is 7.38. The van der Waals surface area contributed by atoms with Crippen LogP contribution in [-0.2, 0) is 5.54 Å². The summed E-state index contributed by atoms with van der Waals surface area (Å²) in [7, 11) is 1.59. The minimum absolute atomic E-state index is 0.0323. The van der Waals surface area contributed by atoms with E-state index in [1.807, 2.05) is 29.0 Å². The number of nitriles is 1. The fraction of sp³-hybridized carbons (Fsp3) is 0.333. The molecular formula is C18H18N2O2. The molecule has 0 bridgehead atoms. The van der Waals surface area contributed by atoms with Gasteiger partial charge in [0.1, 0.15) is 5.75 Å². The Morgan fingerprint density at radius 2 is 2.18 bits per heavy atom. The van der Waals surface area contributed by atoms with Crippen molar-refractivity contribution >= 4 is 10.8 Å². The van der Waals surface area contributed by atoms with Crippen LogP contribution >= 0.6 is 0 Å². The number of ether oxygens (including phenoxy) is 1. The van der Waals surface area contributed by atoms with E-state index in [1.54, 1.807) is 19.4 Å². The molecule has 1 aliphatic rings. The van der Waals surface area contributed by atoms with Gasteiger partial charge >= 0.3 is 0 Å². The maximum Gasteiger partial charge on any atom is 0.184 e. The zero-order valence-electron chi connectivity index (χ0n) is 12.8. The number of methoxy groups -OCH3 is 1. The Balaban J connectivity index is 2.14. The third-order valence-corrected chi connectivity index (χ3v) is 4.41. The fourth-order valence-corrected chi connectivity index (χ4v) is 3.11. The van der Waals surface area contributed by atoms with Crippen molar-refractivity contribution in [3.05, 3.63) is 42.2 Å².